The van der Waals surface area contributed by atoms with Crippen LogP contribution in [0.4, 0.5) is 13.2 Å². The maximum atomic E-state index is 12.6. The second-order valence-electron chi connectivity index (χ2n) is 6.43. The van der Waals surface area contributed by atoms with Crippen molar-refractivity contribution in [2.24, 2.45) is 0 Å². The Kier molecular flexibility index (Phi) is 4.33. The molecule has 1 amide bonds. The van der Waals surface area contributed by atoms with Gasteiger partial charge in [0.25, 0.3) is 5.56 Å². The predicted molar refractivity (Wildman–Crippen MR) is 91.8 cm³/mol. The van der Waals surface area contributed by atoms with Crippen molar-refractivity contribution in [2.45, 2.75) is 25.7 Å². The van der Waals surface area contributed by atoms with E-state index in [9.17, 15) is 22.8 Å². The van der Waals surface area contributed by atoms with E-state index >= 15 is 0 Å². The largest absolute Gasteiger partial charge is 0.573 e. The number of nitrogens with zero attached hydrogens (tertiary/aromatic N) is 3. The van der Waals surface area contributed by atoms with Crippen molar-refractivity contribution in [3.05, 3.63) is 63.7 Å². The summed E-state index contributed by atoms with van der Waals surface area (Å²) in [7, 11) is 0. The van der Waals surface area contributed by atoms with Gasteiger partial charge in [0.05, 0.1) is 24.2 Å². The van der Waals surface area contributed by atoms with Crippen LogP contribution in [0.3, 0.4) is 0 Å². The Bertz CT molecular complexity index is 1090. The third kappa shape index (κ3) is 3.57. The first-order valence-electron chi connectivity index (χ1n) is 8.50. The number of carbonyl (C=O) groups is 1. The molecular formula is C18H15F3N4O3. The molecule has 3 heterocycles. The summed E-state index contributed by atoms with van der Waals surface area (Å²) in [5, 5.41) is 2.79. The number of amides is 1. The molecule has 4 rings (SSSR count). The highest BCUT2D eigenvalue weighted by Gasteiger charge is 2.31. The molecule has 28 heavy (non-hydrogen) atoms. The average Bonchev–Trinajstić information content (AvgIpc) is 3.11. The molecule has 7 nitrogen and oxygen atoms in total. The van der Waals surface area contributed by atoms with E-state index in [1.165, 1.54) is 28.8 Å². The number of carbonyl (C=O) groups excluding carboxylic acids is 1. The Morgan fingerprint density at radius 3 is 2.68 bits per heavy atom. The average molecular weight is 392 g/mol. The summed E-state index contributed by atoms with van der Waals surface area (Å²) in [6.07, 6.45) is -2.66. The molecule has 3 aromatic rings. The van der Waals surface area contributed by atoms with Gasteiger partial charge in [-0.3, -0.25) is 14.7 Å². The normalized spacial score (nSPS) is 14.2. The summed E-state index contributed by atoms with van der Waals surface area (Å²) in [4.78, 5) is 31.2. The lowest BCUT2D eigenvalue weighted by Crippen LogP contribution is -2.40. The van der Waals surface area contributed by atoms with Crippen molar-refractivity contribution in [1.29, 1.82) is 0 Å². The topological polar surface area (TPSA) is 79.7 Å². The minimum absolute atomic E-state index is 0.0150. The van der Waals surface area contributed by atoms with E-state index in [2.05, 4.69) is 14.8 Å². The van der Waals surface area contributed by atoms with Gasteiger partial charge in [-0.15, -0.1) is 13.2 Å². The number of rotatable bonds is 3. The van der Waals surface area contributed by atoms with Crippen molar-refractivity contribution in [2.75, 3.05) is 6.54 Å². The van der Waals surface area contributed by atoms with Gasteiger partial charge in [-0.25, -0.2) is 9.50 Å². The first-order valence-corrected chi connectivity index (χ1v) is 8.50. The maximum Gasteiger partial charge on any atom is 0.573 e. The molecule has 0 spiro atoms. The van der Waals surface area contributed by atoms with Crippen LogP contribution in [0.2, 0.25) is 0 Å². The van der Waals surface area contributed by atoms with Crippen LogP contribution in [0, 0.1) is 0 Å². The van der Waals surface area contributed by atoms with Gasteiger partial charge < -0.3 is 9.64 Å². The highest BCUT2D eigenvalue weighted by Crippen LogP contribution is 2.23. The number of alkyl halides is 3. The van der Waals surface area contributed by atoms with Crippen molar-refractivity contribution in [3.8, 4) is 5.75 Å². The molecule has 0 bridgehead atoms. The number of hydrogen-bond donors (Lipinski definition) is 1. The van der Waals surface area contributed by atoms with Gasteiger partial charge in [0.15, 0.2) is 5.65 Å². The number of aromatic nitrogens is 3. The molecule has 1 N–H and O–H groups in total. The molecule has 1 aromatic carbocycles. The molecule has 146 valence electrons. The molecule has 1 aliphatic rings. The number of fused-ring (bicyclic) bond motifs is 2. The minimum Gasteiger partial charge on any atom is -0.406 e. The molecule has 0 atom stereocenters. The summed E-state index contributed by atoms with van der Waals surface area (Å²) < 4.78 is 41.8. The molecular weight excluding hydrogens is 377 g/mol. The van der Waals surface area contributed by atoms with Gasteiger partial charge in [-0.2, -0.15) is 0 Å². The number of ether oxygens (including phenoxy) is 1. The van der Waals surface area contributed by atoms with Crippen LogP contribution in [0.25, 0.3) is 5.65 Å². The quantitative estimate of drug-likeness (QED) is 0.740. The second-order valence-corrected chi connectivity index (χ2v) is 6.43. The van der Waals surface area contributed by atoms with Crippen molar-refractivity contribution in [1.82, 2.24) is 19.5 Å². The van der Waals surface area contributed by atoms with Crippen LogP contribution in [0.5, 0.6) is 5.75 Å². The number of H-pyrrole nitrogens is 1. The van der Waals surface area contributed by atoms with Crippen LogP contribution in [-0.2, 0) is 24.2 Å². The third-order valence-electron chi connectivity index (χ3n) is 4.56. The SMILES string of the molecule is O=C(Cc1ccc(OC(F)(F)F)cc1)N1CCc2nc3cc[nH]n3c(=O)c2C1. The smallest absolute Gasteiger partial charge is 0.406 e. The fourth-order valence-corrected chi connectivity index (χ4v) is 3.23. The van der Waals surface area contributed by atoms with E-state index in [0.29, 0.717) is 35.4 Å². The van der Waals surface area contributed by atoms with Crippen molar-refractivity contribution < 1.29 is 22.7 Å². The zero-order chi connectivity index (χ0) is 19.9. The van der Waals surface area contributed by atoms with Crippen LogP contribution in [0.15, 0.2) is 41.3 Å². The Labute approximate surface area is 156 Å². The molecule has 0 unspecified atom stereocenters. The predicted octanol–water partition coefficient (Wildman–Crippen LogP) is 2.05. The number of aromatic amines is 1. The van der Waals surface area contributed by atoms with E-state index in [0.717, 1.165) is 0 Å². The fourth-order valence-electron chi connectivity index (χ4n) is 3.23. The first-order chi connectivity index (χ1) is 13.3. The Morgan fingerprint density at radius 1 is 1.21 bits per heavy atom. The molecule has 1 aliphatic heterocycles. The van der Waals surface area contributed by atoms with Gasteiger partial charge in [-0.1, -0.05) is 12.1 Å². The molecule has 0 aliphatic carbocycles. The van der Waals surface area contributed by atoms with Crippen LogP contribution >= 0.6 is 0 Å². The fraction of sp³-hybridized carbons (Fsp3) is 0.278. The number of benzene rings is 1. The molecule has 0 fully saturated rings. The molecule has 0 radical (unpaired) electrons. The Morgan fingerprint density at radius 2 is 1.96 bits per heavy atom. The number of halogens is 3. The summed E-state index contributed by atoms with van der Waals surface area (Å²) in [5.74, 6) is -0.559. The number of nitrogens with one attached hydrogen (secondary N) is 1. The standard InChI is InChI=1S/C18H15F3N4O3/c19-18(20,21)28-12-3-1-11(2-4-12)9-16(26)24-8-6-14-13(10-24)17(27)25-15(23-14)5-7-22-25/h1-5,7,22H,6,8-10H2. The van der Waals surface area contributed by atoms with Crippen LogP contribution in [0.1, 0.15) is 16.8 Å². The maximum absolute atomic E-state index is 12.6. The second kappa shape index (κ2) is 6.70. The lowest BCUT2D eigenvalue weighted by Gasteiger charge is -2.27. The van der Waals surface area contributed by atoms with Crippen molar-refractivity contribution >= 4 is 11.6 Å². The zero-order valence-corrected chi connectivity index (χ0v) is 14.5. The zero-order valence-electron chi connectivity index (χ0n) is 14.5. The Balaban J connectivity index is 1.47. The summed E-state index contributed by atoms with van der Waals surface area (Å²) in [6.45, 7) is 0.575. The summed E-state index contributed by atoms with van der Waals surface area (Å²) >= 11 is 0. The van der Waals surface area contributed by atoms with Gasteiger partial charge in [0.2, 0.25) is 5.91 Å². The van der Waals surface area contributed by atoms with Crippen LogP contribution < -0.4 is 10.3 Å². The van der Waals surface area contributed by atoms with E-state index in [1.54, 1.807) is 17.2 Å². The van der Waals surface area contributed by atoms with E-state index in [-0.39, 0.29) is 30.2 Å². The van der Waals surface area contributed by atoms with Gasteiger partial charge in [0, 0.05) is 25.2 Å². The van der Waals surface area contributed by atoms with Crippen LogP contribution in [-0.4, -0.2) is 38.3 Å². The van der Waals surface area contributed by atoms with E-state index in [1.807, 2.05) is 0 Å². The summed E-state index contributed by atoms with van der Waals surface area (Å²) in [6, 6.07) is 6.86. The summed E-state index contributed by atoms with van der Waals surface area (Å²) in [5.41, 5.74) is 2.00. The lowest BCUT2D eigenvalue weighted by atomic mass is 10.1. The van der Waals surface area contributed by atoms with Gasteiger partial charge in [-0.05, 0) is 17.7 Å². The monoisotopic (exact) mass is 392 g/mol. The van der Waals surface area contributed by atoms with E-state index < -0.39 is 6.36 Å². The molecule has 10 heteroatoms. The lowest BCUT2D eigenvalue weighted by molar-refractivity contribution is -0.274. The Hall–Kier alpha value is -3.30. The highest BCUT2D eigenvalue weighted by molar-refractivity contribution is 5.79. The number of hydrogen-bond acceptors (Lipinski definition) is 4. The van der Waals surface area contributed by atoms with Gasteiger partial charge >= 0.3 is 6.36 Å². The third-order valence-corrected chi connectivity index (χ3v) is 4.56. The van der Waals surface area contributed by atoms with E-state index in [4.69, 9.17) is 0 Å². The minimum atomic E-state index is -4.76. The van der Waals surface area contributed by atoms with Crippen molar-refractivity contribution in [3.63, 3.8) is 0 Å². The van der Waals surface area contributed by atoms with Gasteiger partial charge in [0.1, 0.15) is 5.75 Å². The molecule has 0 saturated heterocycles. The molecule has 0 saturated carbocycles. The molecule has 2 aromatic heterocycles. The first kappa shape index (κ1) is 18.1. The highest BCUT2D eigenvalue weighted by atomic mass is 19.4.